The molecule has 1 unspecified atom stereocenters. The highest BCUT2D eigenvalue weighted by atomic mass is 32.2. The van der Waals surface area contributed by atoms with Gasteiger partial charge in [-0.2, -0.15) is 11.8 Å². The fraction of sp³-hybridized carbons (Fsp3) is 0.706. The molecule has 0 radical (unpaired) electrons. The molecule has 1 fully saturated rings. The quantitative estimate of drug-likeness (QED) is 0.385. The Kier molecular flexibility index (Phi) is 7.96. The van der Waals surface area contributed by atoms with Gasteiger partial charge in [-0.15, -0.1) is 0 Å². The van der Waals surface area contributed by atoms with Crippen LogP contribution in [0, 0.1) is 11.3 Å². The molecule has 1 aliphatic rings. The molecule has 1 amide bonds. The van der Waals surface area contributed by atoms with Gasteiger partial charge in [-0.3, -0.25) is 14.4 Å². The molecule has 4 N–H and O–H groups in total. The predicted octanol–water partition coefficient (Wildman–Crippen LogP) is 1.94. The predicted molar refractivity (Wildman–Crippen MR) is 95.6 cm³/mol. The molecule has 1 rings (SSSR count). The minimum atomic E-state index is -0.980. The molecule has 0 spiro atoms. The first kappa shape index (κ1) is 20.7. The van der Waals surface area contributed by atoms with E-state index in [1.807, 2.05) is 13.8 Å². The highest BCUT2D eigenvalue weighted by Crippen LogP contribution is 2.51. The Bertz CT molecular complexity index is 517. The number of amides is 1. The maximum absolute atomic E-state index is 12.1. The second-order valence-corrected chi connectivity index (χ2v) is 8.07. The molecule has 0 aromatic heterocycles. The number of carbonyl (C=O) groups is 3. The lowest BCUT2D eigenvalue weighted by atomic mass is 10.1. The fourth-order valence-corrected chi connectivity index (χ4v) is 3.27. The van der Waals surface area contributed by atoms with E-state index in [-0.39, 0.29) is 23.0 Å². The molecule has 0 aliphatic heterocycles. The number of aliphatic carboxylic acids is 1. The first-order valence-corrected chi connectivity index (χ1v) is 9.38. The van der Waals surface area contributed by atoms with Crippen LogP contribution in [0.15, 0.2) is 11.8 Å². The van der Waals surface area contributed by atoms with Crippen LogP contribution in [0.2, 0.25) is 0 Å². The van der Waals surface area contributed by atoms with Crippen LogP contribution in [0.5, 0.6) is 0 Å². The number of carbonyl (C=O) groups excluding carboxylic acids is 2. The first-order chi connectivity index (χ1) is 11.1. The van der Waals surface area contributed by atoms with Gasteiger partial charge in [-0.25, -0.2) is 0 Å². The number of thioether (sulfide) groups is 1. The lowest BCUT2D eigenvalue weighted by molar-refractivity contribution is -0.138. The van der Waals surface area contributed by atoms with E-state index in [0.29, 0.717) is 17.9 Å². The van der Waals surface area contributed by atoms with E-state index in [1.54, 1.807) is 6.08 Å². The number of Topliss-reactive ketones (excluding diaryl/α,β-unsaturated/α-hetero) is 1. The van der Waals surface area contributed by atoms with Crippen LogP contribution in [-0.4, -0.2) is 40.3 Å². The Hall–Kier alpha value is -1.34. The standard InChI is InChI=1S/C17H28N2O4S/c1-11(20)14(19-15(21)12-9-17(12,2)3)7-5-4-6-8-24-10-13(18)16(22)23/h7,12-13H,4-6,8-10,18H2,1-3H3,(H,19,21)(H,22,23)/b14-7-/t12?,13-/m0/s1. The molecule has 136 valence electrons. The Morgan fingerprint density at radius 2 is 2.00 bits per heavy atom. The molecule has 0 heterocycles. The minimum Gasteiger partial charge on any atom is -0.480 e. The van der Waals surface area contributed by atoms with Crippen LogP contribution < -0.4 is 11.1 Å². The Morgan fingerprint density at radius 1 is 1.38 bits per heavy atom. The second-order valence-electron chi connectivity index (χ2n) is 6.92. The van der Waals surface area contributed by atoms with Gasteiger partial charge in [0.15, 0.2) is 5.78 Å². The van der Waals surface area contributed by atoms with E-state index < -0.39 is 12.0 Å². The molecular weight excluding hydrogens is 328 g/mol. The van der Waals surface area contributed by atoms with E-state index in [0.717, 1.165) is 25.0 Å². The normalized spacial score (nSPS) is 20.3. The number of hydrogen-bond donors (Lipinski definition) is 3. The number of carboxylic acids is 1. The van der Waals surface area contributed by atoms with Crippen LogP contribution in [0.4, 0.5) is 0 Å². The third-order valence-electron chi connectivity index (χ3n) is 4.17. The average Bonchev–Trinajstić information content (AvgIpc) is 3.13. The molecule has 0 aromatic rings. The van der Waals surface area contributed by atoms with Crippen LogP contribution in [-0.2, 0) is 14.4 Å². The van der Waals surface area contributed by atoms with Gasteiger partial charge in [0.05, 0.1) is 5.70 Å². The van der Waals surface area contributed by atoms with Gasteiger partial charge in [0.25, 0.3) is 0 Å². The van der Waals surface area contributed by atoms with Crippen molar-refractivity contribution in [2.75, 3.05) is 11.5 Å². The van der Waals surface area contributed by atoms with Gasteiger partial charge in [0, 0.05) is 18.6 Å². The first-order valence-electron chi connectivity index (χ1n) is 8.23. The zero-order valence-corrected chi connectivity index (χ0v) is 15.4. The summed E-state index contributed by atoms with van der Waals surface area (Å²) in [6.07, 6.45) is 5.12. The molecule has 7 heteroatoms. The monoisotopic (exact) mass is 356 g/mol. The molecule has 24 heavy (non-hydrogen) atoms. The third kappa shape index (κ3) is 7.05. The third-order valence-corrected chi connectivity index (χ3v) is 5.35. The molecule has 0 bridgehead atoms. The van der Waals surface area contributed by atoms with Gasteiger partial charge in [-0.05, 0) is 36.9 Å². The second kappa shape index (κ2) is 9.22. The Balaban J connectivity index is 2.25. The topological polar surface area (TPSA) is 109 Å². The van der Waals surface area contributed by atoms with Crippen molar-refractivity contribution in [3.8, 4) is 0 Å². The summed E-state index contributed by atoms with van der Waals surface area (Å²) in [5.74, 6) is 0.0358. The van der Waals surface area contributed by atoms with Crippen molar-refractivity contribution in [3.63, 3.8) is 0 Å². The maximum Gasteiger partial charge on any atom is 0.321 e. The van der Waals surface area contributed by atoms with E-state index >= 15 is 0 Å². The van der Waals surface area contributed by atoms with Crippen molar-refractivity contribution in [1.29, 1.82) is 0 Å². The number of allylic oxidation sites excluding steroid dienone is 2. The van der Waals surface area contributed by atoms with E-state index in [1.165, 1.54) is 18.7 Å². The smallest absolute Gasteiger partial charge is 0.321 e. The van der Waals surface area contributed by atoms with E-state index in [4.69, 9.17) is 10.8 Å². The summed E-state index contributed by atoms with van der Waals surface area (Å²) >= 11 is 1.51. The average molecular weight is 356 g/mol. The molecule has 0 aromatic carbocycles. The van der Waals surface area contributed by atoms with Crippen LogP contribution >= 0.6 is 11.8 Å². The van der Waals surface area contributed by atoms with Crippen molar-refractivity contribution >= 4 is 29.4 Å². The molecule has 2 atom stereocenters. The van der Waals surface area contributed by atoms with Crippen molar-refractivity contribution in [3.05, 3.63) is 11.8 Å². The van der Waals surface area contributed by atoms with Gasteiger partial charge in [0.1, 0.15) is 6.04 Å². The molecule has 1 saturated carbocycles. The lowest BCUT2D eigenvalue weighted by Gasteiger charge is -2.08. The van der Waals surface area contributed by atoms with Gasteiger partial charge in [-0.1, -0.05) is 19.9 Å². The fourth-order valence-electron chi connectivity index (χ4n) is 2.29. The summed E-state index contributed by atoms with van der Waals surface area (Å²) in [4.78, 5) is 34.3. The Labute approximate surface area is 147 Å². The summed E-state index contributed by atoms with van der Waals surface area (Å²) in [6.45, 7) is 5.54. The van der Waals surface area contributed by atoms with Crippen LogP contribution in [0.1, 0.15) is 46.5 Å². The van der Waals surface area contributed by atoms with Crippen molar-refractivity contribution in [2.45, 2.75) is 52.5 Å². The number of carboxylic acid groups (broad SMARTS) is 1. The molecule has 6 nitrogen and oxygen atoms in total. The summed E-state index contributed by atoms with van der Waals surface area (Å²) in [7, 11) is 0. The summed E-state index contributed by atoms with van der Waals surface area (Å²) < 4.78 is 0. The zero-order chi connectivity index (χ0) is 18.3. The maximum atomic E-state index is 12.1. The number of rotatable bonds is 11. The summed E-state index contributed by atoms with van der Waals surface area (Å²) in [6, 6.07) is -0.818. The highest BCUT2D eigenvalue weighted by molar-refractivity contribution is 7.99. The highest BCUT2D eigenvalue weighted by Gasteiger charge is 2.50. The van der Waals surface area contributed by atoms with Crippen LogP contribution in [0.25, 0.3) is 0 Å². The van der Waals surface area contributed by atoms with Crippen molar-refractivity contribution in [1.82, 2.24) is 5.32 Å². The lowest BCUT2D eigenvalue weighted by Crippen LogP contribution is -2.32. The number of nitrogens with two attached hydrogens (primary N) is 1. The minimum absolute atomic E-state index is 0.00454. The molecular formula is C17H28N2O4S. The van der Waals surface area contributed by atoms with Crippen molar-refractivity contribution in [2.24, 2.45) is 17.1 Å². The van der Waals surface area contributed by atoms with Crippen molar-refractivity contribution < 1.29 is 19.5 Å². The largest absolute Gasteiger partial charge is 0.480 e. The van der Waals surface area contributed by atoms with Crippen LogP contribution in [0.3, 0.4) is 0 Å². The summed E-state index contributed by atoms with van der Waals surface area (Å²) in [5, 5.41) is 11.4. The van der Waals surface area contributed by atoms with Gasteiger partial charge >= 0.3 is 5.97 Å². The number of ketones is 1. The molecule has 1 aliphatic carbocycles. The number of hydrogen-bond acceptors (Lipinski definition) is 5. The van der Waals surface area contributed by atoms with Gasteiger partial charge in [0.2, 0.25) is 5.91 Å². The van der Waals surface area contributed by atoms with E-state index in [9.17, 15) is 14.4 Å². The number of unbranched alkanes of at least 4 members (excludes halogenated alkanes) is 2. The SMILES string of the molecule is CC(=O)/C(=C/CCCCSC[C@H](N)C(=O)O)NC(=O)C1CC1(C)C. The Morgan fingerprint density at radius 3 is 2.50 bits per heavy atom. The zero-order valence-electron chi connectivity index (χ0n) is 14.6. The van der Waals surface area contributed by atoms with Gasteiger partial charge < -0.3 is 16.2 Å². The number of nitrogens with one attached hydrogen (secondary N) is 1. The summed E-state index contributed by atoms with van der Waals surface area (Å²) in [5.41, 5.74) is 5.84. The molecule has 0 saturated heterocycles. The van der Waals surface area contributed by atoms with E-state index in [2.05, 4.69) is 5.32 Å².